The van der Waals surface area contributed by atoms with E-state index in [1.54, 1.807) is 18.4 Å². The van der Waals surface area contributed by atoms with E-state index >= 15 is 0 Å². The summed E-state index contributed by atoms with van der Waals surface area (Å²) in [6.07, 6.45) is 6.40. The van der Waals surface area contributed by atoms with Gasteiger partial charge in [-0.3, -0.25) is 19.2 Å². The summed E-state index contributed by atoms with van der Waals surface area (Å²) in [6, 6.07) is 12.3. The molecule has 6 rings (SSSR count). The molecule has 4 aromatic rings. The smallest absolute Gasteiger partial charge is 0.331 e. The summed E-state index contributed by atoms with van der Waals surface area (Å²) >= 11 is 1.55. The van der Waals surface area contributed by atoms with Crippen LogP contribution in [-0.4, -0.2) is 50.7 Å². The average molecular weight is 541 g/mol. The minimum absolute atomic E-state index is 0.133. The van der Waals surface area contributed by atoms with Gasteiger partial charge in [0.1, 0.15) is 0 Å². The predicted molar refractivity (Wildman–Crippen MR) is 156 cm³/mol. The second kappa shape index (κ2) is 9.47. The first-order valence-electron chi connectivity index (χ1n) is 13.4. The third-order valence-corrected chi connectivity index (χ3v) is 9.59. The van der Waals surface area contributed by atoms with Crippen LogP contribution in [0.25, 0.3) is 21.3 Å². The van der Waals surface area contributed by atoms with Crippen LogP contribution in [0, 0.1) is 11.3 Å². The number of likely N-dealkylation sites (tertiary alicyclic amines) is 1. The minimum Gasteiger partial charge on any atom is -0.366 e. The molecule has 0 amide bonds. The molecule has 8 nitrogen and oxygen atoms in total. The summed E-state index contributed by atoms with van der Waals surface area (Å²) in [5, 5.41) is 9.90. The van der Waals surface area contributed by atoms with Crippen LogP contribution in [0.15, 0.2) is 52.3 Å². The third kappa shape index (κ3) is 4.38. The van der Waals surface area contributed by atoms with Crippen LogP contribution in [0.2, 0.25) is 0 Å². The standard InChI is InChI=1S/C30H32N6O2S/c1-30(2)15-21(17-34(30)4)35-10-5-6-20-12-19(16-31)13-24(27(20)35)23-7-9-32-25-14-22(39-28(23)25)18-36-26(37)8-11-33(3)29(36)38/h7-9,11-14,21H,5-6,10,15,17-18H2,1-4H3/t21-/m0/s1. The lowest BCUT2D eigenvalue weighted by Crippen LogP contribution is -2.41. The molecule has 200 valence electrons. The quantitative estimate of drug-likeness (QED) is 0.389. The Morgan fingerprint density at radius 1 is 1.15 bits per heavy atom. The molecule has 0 unspecified atom stereocenters. The zero-order valence-corrected chi connectivity index (χ0v) is 23.6. The number of hydrogen-bond donors (Lipinski definition) is 0. The highest BCUT2D eigenvalue weighted by Gasteiger charge is 2.40. The van der Waals surface area contributed by atoms with Gasteiger partial charge < -0.3 is 9.47 Å². The van der Waals surface area contributed by atoms with Crippen LogP contribution < -0.4 is 16.1 Å². The van der Waals surface area contributed by atoms with Crippen molar-refractivity contribution >= 4 is 27.2 Å². The van der Waals surface area contributed by atoms with Gasteiger partial charge in [0.05, 0.1) is 28.4 Å². The highest BCUT2D eigenvalue weighted by molar-refractivity contribution is 7.19. The van der Waals surface area contributed by atoms with E-state index in [9.17, 15) is 14.9 Å². The number of aryl methyl sites for hydroxylation is 2. The van der Waals surface area contributed by atoms with Crippen LogP contribution in [0.3, 0.4) is 0 Å². The summed E-state index contributed by atoms with van der Waals surface area (Å²) in [7, 11) is 3.85. The fourth-order valence-corrected chi connectivity index (χ4v) is 7.30. The van der Waals surface area contributed by atoms with Gasteiger partial charge in [-0.25, -0.2) is 4.79 Å². The number of nitrogens with zero attached hydrogens (tertiary/aromatic N) is 6. The largest absolute Gasteiger partial charge is 0.366 e. The summed E-state index contributed by atoms with van der Waals surface area (Å²) in [4.78, 5) is 35.6. The third-order valence-electron chi connectivity index (χ3n) is 8.45. The second-order valence-electron chi connectivity index (χ2n) is 11.4. The summed E-state index contributed by atoms with van der Waals surface area (Å²) in [5.41, 5.74) is 5.51. The molecular formula is C30H32N6O2S. The Morgan fingerprint density at radius 3 is 2.72 bits per heavy atom. The number of fused-ring (bicyclic) bond motifs is 2. The minimum atomic E-state index is -0.343. The molecule has 0 aliphatic carbocycles. The Hall–Kier alpha value is -3.74. The first kappa shape index (κ1) is 25.5. The zero-order valence-electron chi connectivity index (χ0n) is 22.8. The van der Waals surface area contributed by atoms with E-state index in [1.807, 2.05) is 24.4 Å². The molecule has 1 saturated heterocycles. The first-order valence-corrected chi connectivity index (χ1v) is 14.2. The molecule has 0 saturated carbocycles. The van der Waals surface area contributed by atoms with Gasteiger partial charge in [0.25, 0.3) is 5.56 Å². The zero-order chi connectivity index (χ0) is 27.5. The number of nitriles is 1. The number of benzene rings is 1. The first-order chi connectivity index (χ1) is 18.7. The molecule has 0 N–H and O–H groups in total. The van der Waals surface area contributed by atoms with E-state index in [0.717, 1.165) is 58.6 Å². The highest BCUT2D eigenvalue weighted by atomic mass is 32.1. The van der Waals surface area contributed by atoms with Crippen LogP contribution in [0.1, 0.15) is 42.7 Å². The van der Waals surface area contributed by atoms with Crippen molar-refractivity contribution in [2.24, 2.45) is 7.05 Å². The SMILES string of the molecule is CN1C[C@@H](N2CCCc3cc(C#N)cc(-c4ccnc5cc(Cn6c(=O)ccn(C)c6=O)sc45)c32)CC1(C)C. The molecule has 5 heterocycles. The van der Waals surface area contributed by atoms with E-state index in [1.165, 1.54) is 32.6 Å². The lowest BCUT2D eigenvalue weighted by Gasteiger charge is -2.38. The second-order valence-corrected chi connectivity index (χ2v) is 12.5. The maximum absolute atomic E-state index is 12.6. The van der Waals surface area contributed by atoms with E-state index in [4.69, 9.17) is 0 Å². The van der Waals surface area contributed by atoms with E-state index in [0.29, 0.717) is 11.6 Å². The van der Waals surface area contributed by atoms with Crippen molar-refractivity contribution in [1.82, 2.24) is 19.0 Å². The molecule has 1 aromatic carbocycles. The maximum Gasteiger partial charge on any atom is 0.331 e. The number of rotatable bonds is 4. The molecule has 1 atom stereocenters. The maximum atomic E-state index is 12.6. The monoisotopic (exact) mass is 540 g/mol. The van der Waals surface area contributed by atoms with Gasteiger partial charge in [0.2, 0.25) is 0 Å². The molecule has 2 aliphatic heterocycles. The van der Waals surface area contributed by atoms with Crippen molar-refractivity contribution in [1.29, 1.82) is 5.26 Å². The lowest BCUT2D eigenvalue weighted by molar-refractivity contribution is 0.218. The molecule has 1 fully saturated rings. The Kier molecular flexibility index (Phi) is 6.20. The molecule has 2 aliphatic rings. The van der Waals surface area contributed by atoms with Gasteiger partial charge in [-0.1, -0.05) is 0 Å². The predicted octanol–water partition coefficient (Wildman–Crippen LogP) is 3.98. The molecule has 0 radical (unpaired) electrons. The van der Waals surface area contributed by atoms with Crippen molar-refractivity contribution in [2.75, 3.05) is 25.0 Å². The Balaban J connectivity index is 1.49. The number of aromatic nitrogens is 3. The Bertz CT molecular complexity index is 1760. The number of anilines is 1. The number of pyridine rings is 1. The lowest BCUT2D eigenvalue weighted by atomic mass is 9.90. The van der Waals surface area contributed by atoms with Crippen LogP contribution in [-0.2, 0) is 20.0 Å². The van der Waals surface area contributed by atoms with Gasteiger partial charge in [0, 0.05) is 71.9 Å². The van der Waals surface area contributed by atoms with Gasteiger partial charge >= 0.3 is 5.69 Å². The average Bonchev–Trinajstić information content (AvgIpc) is 3.46. The normalized spacial score (nSPS) is 18.8. The van der Waals surface area contributed by atoms with E-state index in [-0.39, 0.29) is 23.3 Å². The number of hydrogen-bond acceptors (Lipinski definition) is 7. The van der Waals surface area contributed by atoms with Gasteiger partial charge in [-0.15, -0.1) is 11.3 Å². The Morgan fingerprint density at radius 2 is 1.97 bits per heavy atom. The fraction of sp³-hybridized carbons (Fsp3) is 0.400. The van der Waals surface area contributed by atoms with E-state index in [2.05, 4.69) is 47.8 Å². The van der Waals surface area contributed by atoms with Crippen LogP contribution in [0.4, 0.5) is 5.69 Å². The molecular weight excluding hydrogens is 508 g/mol. The summed E-state index contributed by atoms with van der Waals surface area (Å²) < 4.78 is 3.66. The summed E-state index contributed by atoms with van der Waals surface area (Å²) in [6.45, 7) is 6.80. The molecule has 39 heavy (non-hydrogen) atoms. The Labute approximate surface area is 231 Å². The van der Waals surface area contributed by atoms with Crippen LogP contribution in [0.5, 0.6) is 0 Å². The molecule has 3 aromatic heterocycles. The molecule has 0 bridgehead atoms. The number of thiophene rings is 1. The van der Waals surface area contributed by atoms with Crippen LogP contribution >= 0.6 is 11.3 Å². The van der Waals surface area contributed by atoms with E-state index < -0.39 is 0 Å². The van der Waals surface area contributed by atoms with Crippen molar-refractivity contribution in [3.8, 4) is 17.2 Å². The number of likely N-dealkylation sites (N-methyl/N-ethyl adjacent to an activating group) is 1. The fourth-order valence-electron chi connectivity index (χ4n) is 6.17. The van der Waals surface area contributed by atoms with Gasteiger partial charge in [0.15, 0.2) is 0 Å². The topological polar surface area (TPSA) is 87.2 Å². The van der Waals surface area contributed by atoms with Gasteiger partial charge in [-0.05, 0) is 70.0 Å². The highest BCUT2D eigenvalue weighted by Crippen LogP contribution is 2.45. The van der Waals surface area contributed by atoms with Crippen molar-refractivity contribution in [2.45, 2.75) is 51.2 Å². The van der Waals surface area contributed by atoms with Crippen molar-refractivity contribution < 1.29 is 0 Å². The molecule has 9 heteroatoms. The van der Waals surface area contributed by atoms with Crippen molar-refractivity contribution in [3.63, 3.8) is 0 Å². The van der Waals surface area contributed by atoms with Gasteiger partial charge in [-0.2, -0.15) is 5.26 Å². The summed E-state index contributed by atoms with van der Waals surface area (Å²) in [5.74, 6) is 0. The van der Waals surface area contributed by atoms with Crippen molar-refractivity contribution in [3.05, 3.63) is 79.6 Å². The molecule has 0 spiro atoms.